The predicted octanol–water partition coefficient (Wildman–Crippen LogP) is 1.37. The number of Topliss-reactive ketones (excluding diaryl/α,β-unsaturated/α-hetero) is 1. The minimum Gasteiger partial charge on any atom is -0.381 e. The third kappa shape index (κ3) is 2.08. The molecule has 2 fully saturated rings. The van der Waals surface area contributed by atoms with E-state index in [-0.39, 0.29) is 11.3 Å². The van der Waals surface area contributed by atoms with E-state index in [4.69, 9.17) is 4.74 Å². The van der Waals surface area contributed by atoms with Crippen molar-refractivity contribution in [3.8, 4) is 0 Å². The van der Waals surface area contributed by atoms with Gasteiger partial charge in [0.1, 0.15) is 5.78 Å². The van der Waals surface area contributed by atoms with Crippen LogP contribution in [0.5, 0.6) is 0 Å². The van der Waals surface area contributed by atoms with Crippen LogP contribution in [0.25, 0.3) is 0 Å². The summed E-state index contributed by atoms with van der Waals surface area (Å²) in [5.41, 5.74) is -0.0624. The fourth-order valence-electron chi connectivity index (χ4n) is 2.94. The Kier molecular flexibility index (Phi) is 3.42. The predicted molar refractivity (Wildman–Crippen MR) is 58.8 cm³/mol. The normalized spacial score (nSPS) is 35.9. The highest BCUT2D eigenvalue weighted by molar-refractivity contribution is 5.88. The second-order valence-corrected chi connectivity index (χ2v) is 4.88. The maximum absolute atomic E-state index is 12.4. The van der Waals surface area contributed by atoms with Gasteiger partial charge in [-0.15, -0.1) is 0 Å². The molecule has 86 valence electrons. The van der Waals surface area contributed by atoms with Crippen LogP contribution in [0, 0.1) is 11.3 Å². The summed E-state index contributed by atoms with van der Waals surface area (Å²) in [7, 11) is 0. The molecule has 0 radical (unpaired) electrons. The van der Waals surface area contributed by atoms with E-state index >= 15 is 0 Å². The van der Waals surface area contributed by atoms with Crippen molar-refractivity contribution in [3.63, 3.8) is 0 Å². The van der Waals surface area contributed by atoms with Gasteiger partial charge in [-0.3, -0.25) is 4.79 Å². The number of hydrogen-bond donors (Lipinski definition) is 1. The van der Waals surface area contributed by atoms with Gasteiger partial charge in [-0.1, -0.05) is 13.3 Å². The molecule has 2 atom stereocenters. The lowest BCUT2D eigenvalue weighted by molar-refractivity contribution is -0.132. The molecule has 3 heteroatoms. The Morgan fingerprint density at radius 1 is 1.60 bits per heavy atom. The number of nitrogens with one attached hydrogen (secondary N) is 1. The van der Waals surface area contributed by atoms with Crippen LogP contribution >= 0.6 is 0 Å². The Balaban J connectivity index is 2.06. The molecule has 1 N–H and O–H groups in total. The minimum absolute atomic E-state index is 0.0624. The molecule has 0 saturated carbocycles. The smallest absolute Gasteiger partial charge is 0.145 e. The fraction of sp³-hybridized carbons (Fsp3) is 0.917. The molecule has 0 aliphatic carbocycles. The molecule has 2 rings (SSSR count). The average Bonchev–Trinajstić information content (AvgIpc) is 2.88. The molecular formula is C12H21NO2. The molecule has 0 aromatic carbocycles. The van der Waals surface area contributed by atoms with E-state index in [9.17, 15) is 4.79 Å². The van der Waals surface area contributed by atoms with Crippen molar-refractivity contribution in [1.29, 1.82) is 0 Å². The van der Waals surface area contributed by atoms with Crippen molar-refractivity contribution in [1.82, 2.24) is 5.32 Å². The minimum atomic E-state index is -0.0624. The molecule has 3 nitrogen and oxygen atoms in total. The number of hydrogen-bond acceptors (Lipinski definition) is 3. The molecular weight excluding hydrogens is 190 g/mol. The number of carbonyl (C=O) groups excluding carboxylic acids is 1. The lowest BCUT2D eigenvalue weighted by atomic mass is 9.74. The highest BCUT2D eigenvalue weighted by Crippen LogP contribution is 2.36. The van der Waals surface area contributed by atoms with Crippen LogP contribution in [0.1, 0.15) is 32.6 Å². The van der Waals surface area contributed by atoms with E-state index < -0.39 is 0 Å². The summed E-state index contributed by atoms with van der Waals surface area (Å²) in [5, 5.41) is 3.34. The maximum Gasteiger partial charge on any atom is 0.145 e. The van der Waals surface area contributed by atoms with Gasteiger partial charge in [-0.25, -0.2) is 0 Å². The van der Waals surface area contributed by atoms with Crippen LogP contribution in [0.2, 0.25) is 0 Å². The molecule has 0 amide bonds. The zero-order valence-electron chi connectivity index (χ0n) is 9.55. The van der Waals surface area contributed by atoms with Crippen LogP contribution in [0.3, 0.4) is 0 Å². The topological polar surface area (TPSA) is 38.3 Å². The van der Waals surface area contributed by atoms with E-state index in [1.54, 1.807) is 0 Å². The molecule has 0 aromatic heterocycles. The molecule has 0 bridgehead atoms. The lowest BCUT2D eigenvalue weighted by Gasteiger charge is -2.28. The molecule has 2 aliphatic rings. The van der Waals surface area contributed by atoms with Gasteiger partial charge in [0.25, 0.3) is 0 Å². The van der Waals surface area contributed by atoms with E-state index in [0.717, 1.165) is 45.4 Å². The van der Waals surface area contributed by atoms with Gasteiger partial charge < -0.3 is 10.1 Å². The van der Waals surface area contributed by atoms with Crippen molar-refractivity contribution < 1.29 is 9.53 Å². The van der Waals surface area contributed by atoms with Crippen molar-refractivity contribution in [2.45, 2.75) is 32.6 Å². The zero-order chi connectivity index (χ0) is 10.7. The Labute approximate surface area is 91.6 Å². The molecule has 2 aliphatic heterocycles. The summed E-state index contributed by atoms with van der Waals surface area (Å²) in [4.78, 5) is 12.4. The van der Waals surface area contributed by atoms with E-state index in [1.807, 2.05) is 0 Å². The van der Waals surface area contributed by atoms with Crippen LogP contribution < -0.4 is 5.32 Å². The molecule has 15 heavy (non-hydrogen) atoms. The van der Waals surface area contributed by atoms with Crippen LogP contribution in [0.15, 0.2) is 0 Å². The van der Waals surface area contributed by atoms with E-state index in [2.05, 4.69) is 12.2 Å². The quantitative estimate of drug-likeness (QED) is 0.763. The Hall–Kier alpha value is -0.410. The molecule has 2 heterocycles. The van der Waals surface area contributed by atoms with E-state index in [0.29, 0.717) is 12.4 Å². The van der Waals surface area contributed by atoms with Crippen LogP contribution in [0.4, 0.5) is 0 Å². The largest absolute Gasteiger partial charge is 0.381 e. The Morgan fingerprint density at radius 3 is 3.00 bits per heavy atom. The van der Waals surface area contributed by atoms with Crippen molar-refractivity contribution in [3.05, 3.63) is 0 Å². The van der Waals surface area contributed by atoms with Gasteiger partial charge in [0.15, 0.2) is 0 Å². The van der Waals surface area contributed by atoms with Crippen LogP contribution in [-0.4, -0.2) is 32.1 Å². The van der Waals surface area contributed by atoms with Gasteiger partial charge in [0.2, 0.25) is 0 Å². The third-order valence-corrected chi connectivity index (χ3v) is 3.80. The molecule has 0 spiro atoms. The van der Waals surface area contributed by atoms with Crippen molar-refractivity contribution in [2.24, 2.45) is 11.3 Å². The summed E-state index contributed by atoms with van der Waals surface area (Å²) in [6.45, 7) is 5.48. The summed E-state index contributed by atoms with van der Waals surface area (Å²) >= 11 is 0. The second-order valence-electron chi connectivity index (χ2n) is 4.88. The Morgan fingerprint density at radius 2 is 2.47 bits per heavy atom. The molecule has 0 aromatic rings. The van der Waals surface area contributed by atoms with Crippen LogP contribution in [-0.2, 0) is 9.53 Å². The second kappa shape index (κ2) is 4.62. The Bertz CT molecular complexity index is 228. The highest BCUT2D eigenvalue weighted by Gasteiger charge is 2.43. The first-order valence-electron chi connectivity index (χ1n) is 6.11. The zero-order valence-corrected chi connectivity index (χ0v) is 9.55. The van der Waals surface area contributed by atoms with Gasteiger partial charge in [-0.05, 0) is 25.8 Å². The highest BCUT2D eigenvalue weighted by atomic mass is 16.5. The van der Waals surface area contributed by atoms with Crippen molar-refractivity contribution >= 4 is 5.78 Å². The number of carbonyl (C=O) groups is 1. The van der Waals surface area contributed by atoms with Gasteiger partial charge in [0, 0.05) is 24.5 Å². The molecule has 2 unspecified atom stereocenters. The summed E-state index contributed by atoms with van der Waals surface area (Å²) in [5.74, 6) is 0.642. The lowest BCUT2D eigenvalue weighted by Crippen LogP contribution is -2.38. The SMILES string of the molecule is CCCC1(C(=O)C2CCOC2)CCNC1. The van der Waals surface area contributed by atoms with E-state index in [1.165, 1.54) is 0 Å². The fourth-order valence-corrected chi connectivity index (χ4v) is 2.94. The summed E-state index contributed by atoms with van der Waals surface area (Å²) in [6, 6.07) is 0. The monoisotopic (exact) mass is 211 g/mol. The standard InChI is InChI=1S/C12H21NO2/c1-2-4-12(5-6-13-9-12)11(14)10-3-7-15-8-10/h10,13H,2-9H2,1H3. The van der Waals surface area contributed by atoms with Gasteiger partial charge in [-0.2, -0.15) is 0 Å². The number of ether oxygens (including phenoxy) is 1. The average molecular weight is 211 g/mol. The first kappa shape index (κ1) is 11.1. The van der Waals surface area contributed by atoms with Gasteiger partial charge >= 0.3 is 0 Å². The molecule has 2 saturated heterocycles. The number of ketones is 1. The van der Waals surface area contributed by atoms with Gasteiger partial charge in [0.05, 0.1) is 6.61 Å². The maximum atomic E-state index is 12.4. The summed E-state index contributed by atoms with van der Waals surface area (Å²) < 4.78 is 5.32. The summed E-state index contributed by atoms with van der Waals surface area (Å²) in [6.07, 6.45) is 4.09. The first-order valence-corrected chi connectivity index (χ1v) is 6.11. The number of rotatable bonds is 4. The first-order chi connectivity index (χ1) is 7.28. The van der Waals surface area contributed by atoms with Crippen molar-refractivity contribution in [2.75, 3.05) is 26.3 Å². The third-order valence-electron chi connectivity index (χ3n) is 3.80.